The molecule has 5 heteroatoms. The fraction of sp³-hybridized carbons (Fsp3) is 0.462. The Morgan fingerprint density at radius 2 is 2.11 bits per heavy atom. The van der Waals surface area contributed by atoms with Crippen LogP contribution in [-0.2, 0) is 0 Å². The quantitative estimate of drug-likeness (QED) is 0.903. The maximum atomic E-state index is 13.6. The van der Waals surface area contributed by atoms with Gasteiger partial charge < -0.3 is 10.3 Å². The lowest BCUT2D eigenvalue weighted by molar-refractivity contribution is 0.500. The molecule has 2 rings (SSSR count). The maximum absolute atomic E-state index is 13.6. The largest absolute Gasteiger partial charge is 0.369 e. The second-order valence-electron chi connectivity index (χ2n) is 4.59. The summed E-state index contributed by atoms with van der Waals surface area (Å²) in [7, 11) is 0. The Morgan fingerprint density at radius 1 is 1.39 bits per heavy atom. The molecule has 0 saturated heterocycles. The van der Waals surface area contributed by atoms with E-state index in [-0.39, 0.29) is 17.5 Å². The van der Waals surface area contributed by atoms with Crippen molar-refractivity contribution in [2.75, 3.05) is 5.73 Å². The van der Waals surface area contributed by atoms with Crippen molar-refractivity contribution in [2.45, 2.75) is 39.2 Å². The van der Waals surface area contributed by atoms with Crippen LogP contribution in [0.3, 0.4) is 0 Å². The zero-order valence-electron chi connectivity index (χ0n) is 10.6. The molecule has 0 fully saturated rings. The molecule has 1 aromatic carbocycles. The molecule has 18 heavy (non-hydrogen) atoms. The number of benzene rings is 1. The molecule has 2 aromatic rings. The summed E-state index contributed by atoms with van der Waals surface area (Å²) in [6, 6.07) is 2.19. The minimum Gasteiger partial charge on any atom is -0.369 e. The van der Waals surface area contributed by atoms with Crippen LogP contribution in [0.25, 0.3) is 11.0 Å². The molecule has 0 radical (unpaired) electrons. The Kier molecular flexibility index (Phi) is 3.50. The number of halogens is 2. The van der Waals surface area contributed by atoms with Crippen LogP contribution in [0.4, 0.5) is 14.7 Å². The number of nitrogen functional groups attached to an aromatic ring is 1. The van der Waals surface area contributed by atoms with Crippen molar-refractivity contribution in [3.8, 4) is 0 Å². The van der Waals surface area contributed by atoms with Gasteiger partial charge in [0.15, 0.2) is 5.82 Å². The highest BCUT2D eigenvalue weighted by molar-refractivity contribution is 5.79. The topological polar surface area (TPSA) is 43.8 Å². The first-order chi connectivity index (χ1) is 8.54. The van der Waals surface area contributed by atoms with Crippen LogP contribution >= 0.6 is 0 Å². The molecule has 0 aliphatic heterocycles. The molecule has 1 unspecified atom stereocenters. The number of rotatable bonds is 4. The number of nitrogens with two attached hydrogens (primary N) is 1. The number of anilines is 1. The van der Waals surface area contributed by atoms with Gasteiger partial charge in [-0.15, -0.1) is 0 Å². The van der Waals surface area contributed by atoms with Crippen LogP contribution in [-0.4, -0.2) is 9.55 Å². The molecule has 0 aliphatic carbocycles. The van der Waals surface area contributed by atoms with Gasteiger partial charge in [0.1, 0.15) is 11.3 Å². The van der Waals surface area contributed by atoms with E-state index in [4.69, 9.17) is 5.73 Å². The normalized spacial score (nSPS) is 13.1. The molecule has 0 aliphatic rings. The molecule has 0 saturated carbocycles. The molecule has 0 amide bonds. The molecule has 0 bridgehead atoms. The summed E-state index contributed by atoms with van der Waals surface area (Å²) in [6.45, 7) is 4.08. The monoisotopic (exact) mass is 253 g/mol. The third-order valence-corrected chi connectivity index (χ3v) is 3.16. The fourth-order valence-corrected chi connectivity index (χ4v) is 2.23. The first kappa shape index (κ1) is 12.8. The van der Waals surface area contributed by atoms with Gasteiger partial charge in [-0.1, -0.05) is 19.8 Å². The number of hydrogen-bond acceptors (Lipinski definition) is 2. The van der Waals surface area contributed by atoms with E-state index < -0.39 is 11.6 Å². The fourth-order valence-electron chi connectivity index (χ4n) is 2.23. The van der Waals surface area contributed by atoms with E-state index in [9.17, 15) is 8.78 Å². The summed E-state index contributed by atoms with van der Waals surface area (Å²) in [6.07, 6.45) is 3.02. The van der Waals surface area contributed by atoms with E-state index in [1.165, 1.54) is 6.07 Å². The Morgan fingerprint density at radius 3 is 2.78 bits per heavy atom. The standard InChI is InChI=1S/C13H17F2N3/c1-3-4-5-8(2)18-11-7-9(14)6-10(15)12(11)17-13(18)16/h6-8H,3-5H2,1-2H3,(H2,16,17). The lowest BCUT2D eigenvalue weighted by Gasteiger charge is -2.15. The molecule has 3 nitrogen and oxygen atoms in total. The summed E-state index contributed by atoms with van der Waals surface area (Å²) < 4.78 is 28.6. The molecular formula is C13H17F2N3. The Labute approximate surface area is 105 Å². The van der Waals surface area contributed by atoms with Gasteiger partial charge in [-0.05, 0) is 13.3 Å². The highest BCUT2D eigenvalue weighted by Gasteiger charge is 2.17. The van der Waals surface area contributed by atoms with Gasteiger partial charge in [-0.2, -0.15) is 0 Å². The van der Waals surface area contributed by atoms with Crippen LogP contribution in [0.5, 0.6) is 0 Å². The second-order valence-corrected chi connectivity index (χ2v) is 4.59. The number of nitrogens with zero attached hydrogens (tertiary/aromatic N) is 2. The lowest BCUT2D eigenvalue weighted by Crippen LogP contribution is -2.08. The lowest BCUT2D eigenvalue weighted by atomic mass is 10.1. The third kappa shape index (κ3) is 2.17. The average Bonchev–Trinajstić information content (AvgIpc) is 2.63. The zero-order valence-corrected chi connectivity index (χ0v) is 10.6. The number of imidazole rings is 1. The minimum atomic E-state index is -0.668. The van der Waals surface area contributed by atoms with Crippen molar-refractivity contribution >= 4 is 17.0 Å². The molecule has 1 aromatic heterocycles. The van der Waals surface area contributed by atoms with Crippen molar-refractivity contribution in [1.29, 1.82) is 0 Å². The summed E-state index contributed by atoms with van der Waals surface area (Å²) in [5.74, 6) is -1.04. The van der Waals surface area contributed by atoms with Gasteiger partial charge in [-0.3, -0.25) is 0 Å². The van der Waals surface area contributed by atoms with E-state index >= 15 is 0 Å². The van der Waals surface area contributed by atoms with Crippen LogP contribution in [0, 0.1) is 11.6 Å². The predicted octanol–water partition coefficient (Wildman–Crippen LogP) is 3.65. The summed E-state index contributed by atoms with van der Waals surface area (Å²) >= 11 is 0. The molecule has 98 valence electrons. The third-order valence-electron chi connectivity index (χ3n) is 3.16. The van der Waals surface area contributed by atoms with Gasteiger partial charge in [-0.25, -0.2) is 13.8 Å². The molecular weight excluding hydrogens is 236 g/mol. The highest BCUT2D eigenvalue weighted by atomic mass is 19.1. The number of unbranched alkanes of at least 4 members (excludes halogenated alkanes) is 1. The number of hydrogen-bond donors (Lipinski definition) is 1. The Hall–Kier alpha value is -1.65. The smallest absolute Gasteiger partial charge is 0.201 e. The van der Waals surface area contributed by atoms with Crippen molar-refractivity contribution in [3.63, 3.8) is 0 Å². The molecule has 1 atom stereocenters. The van der Waals surface area contributed by atoms with Gasteiger partial charge >= 0.3 is 0 Å². The van der Waals surface area contributed by atoms with Crippen LogP contribution in [0.2, 0.25) is 0 Å². The van der Waals surface area contributed by atoms with Crippen molar-refractivity contribution in [2.24, 2.45) is 0 Å². The van der Waals surface area contributed by atoms with E-state index in [1.54, 1.807) is 4.57 Å². The van der Waals surface area contributed by atoms with E-state index in [0.29, 0.717) is 5.52 Å². The summed E-state index contributed by atoms with van der Waals surface area (Å²) in [5.41, 5.74) is 6.37. The summed E-state index contributed by atoms with van der Waals surface area (Å²) in [5, 5.41) is 0. The molecule has 0 spiro atoms. The van der Waals surface area contributed by atoms with Crippen LogP contribution < -0.4 is 5.73 Å². The van der Waals surface area contributed by atoms with Gasteiger partial charge in [0, 0.05) is 18.2 Å². The van der Waals surface area contributed by atoms with Gasteiger partial charge in [0.25, 0.3) is 0 Å². The van der Waals surface area contributed by atoms with Crippen molar-refractivity contribution in [1.82, 2.24) is 9.55 Å². The van der Waals surface area contributed by atoms with E-state index in [1.807, 2.05) is 6.92 Å². The Bertz CT molecular complexity index is 563. The van der Waals surface area contributed by atoms with Gasteiger partial charge in [0.05, 0.1) is 5.52 Å². The first-order valence-electron chi connectivity index (χ1n) is 6.17. The number of fused-ring (bicyclic) bond motifs is 1. The van der Waals surface area contributed by atoms with Crippen LogP contribution in [0.1, 0.15) is 39.2 Å². The predicted molar refractivity (Wildman–Crippen MR) is 68.3 cm³/mol. The SMILES string of the molecule is CCCCC(C)n1c(N)nc2c(F)cc(F)cc21. The molecule has 1 heterocycles. The highest BCUT2D eigenvalue weighted by Crippen LogP contribution is 2.27. The second kappa shape index (κ2) is 4.92. The summed E-state index contributed by atoms with van der Waals surface area (Å²) in [4.78, 5) is 3.98. The Balaban J connectivity index is 2.52. The van der Waals surface area contributed by atoms with E-state index in [0.717, 1.165) is 25.3 Å². The van der Waals surface area contributed by atoms with Crippen molar-refractivity contribution in [3.05, 3.63) is 23.8 Å². The van der Waals surface area contributed by atoms with Crippen molar-refractivity contribution < 1.29 is 8.78 Å². The zero-order chi connectivity index (χ0) is 13.3. The van der Waals surface area contributed by atoms with Gasteiger partial charge in [0.2, 0.25) is 5.95 Å². The first-order valence-corrected chi connectivity index (χ1v) is 6.17. The maximum Gasteiger partial charge on any atom is 0.201 e. The minimum absolute atomic E-state index is 0.0798. The molecule has 2 N–H and O–H groups in total. The van der Waals surface area contributed by atoms with E-state index in [2.05, 4.69) is 11.9 Å². The average molecular weight is 253 g/mol. The van der Waals surface area contributed by atoms with Crippen LogP contribution in [0.15, 0.2) is 12.1 Å². The number of aromatic nitrogens is 2.